The van der Waals surface area contributed by atoms with Crippen LogP contribution in [-0.2, 0) is 11.3 Å². The van der Waals surface area contributed by atoms with E-state index in [1.807, 2.05) is 24.3 Å². The smallest absolute Gasteiger partial charge is 0.338 e. The van der Waals surface area contributed by atoms with Crippen LogP contribution in [0.3, 0.4) is 0 Å². The number of carbonyl (C=O) groups is 1. The van der Waals surface area contributed by atoms with Crippen molar-refractivity contribution in [2.45, 2.75) is 18.8 Å². The molecule has 4 nitrogen and oxygen atoms in total. The standard InChI is InChI=1S/C18H19NO3/c20-16-12-19(11-14-7-3-1-4-8-14)13-17(16)22-18(21)15-9-5-2-6-10-15/h1-10,16-17,20H,11-13H2/t16-,17-/m0/s1. The highest BCUT2D eigenvalue weighted by Crippen LogP contribution is 2.18. The molecule has 0 aromatic heterocycles. The normalized spacial score (nSPS) is 21.7. The van der Waals surface area contributed by atoms with Gasteiger partial charge in [0.15, 0.2) is 0 Å². The maximum Gasteiger partial charge on any atom is 0.338 e. The van der Waals surface area contributed by atoms with Gasteiger partial charge in [0.1, 0.15) is 12.2 Å². The average molecular weight is 297 g/mol. The highest BCUT2D eigenvalue weighted by Gasteiger charge is 2.34. The molecule has 0 bridgehead atoms. The van der Waals surface area contributed by atoms with E-state index in [2.05, 4.69) is 17.0 Å². The number of aliphatic hydroxyl groups is 1. The van der Waals surface area contributed by atoms with Crippen LogP contribution >= 0.6 is 0 Å². The number of β-amino-alcohol motifs (C(OH)–C–C–N with tert-alkyl or cyclic N) is 1. The number of hydrogen-bond acceptors (Lipinski definition) is 4. The highest BCUT2D eigenvalue weighted by molar-refractivity contribution is 5.89. The molecule has 1 aliphatic rings. The van der Waals surface area contributed by atoms with Gasteiger partial charge in [0.25, 0.3) is 0 Å². The Balaban J connectivity index is 1.58. The van der Waals surface area contributed by atoms with Gasteiger partial charge >= 0.3 is 5.97 Å². The molecule has 1 heterocycles. The van der Waals surface area contributed by atoms with Crippen LogP contribution in [-0.4, -0.2) is 41.3 Å². The first kappa shape index (κ1) is 14.8. The van der Waals surface area contributed by atoms with Gasteiger partial charge in [0, 0.05) is 19.6 Å². The van der Waals surface area contributed by atoms with E-state index in [9.17, 15) is 9.90 Å². The minimum Gasteiger partial charge on any atom is -0.455 e. The van der Waals surface area contributed by atoms with Crippen LogP contribution in [0.2, 0.25) is 0 Å². The molecular formula is C18H19NO3. The van der Waals surface area contributed by atoms with Crippen LogP contribution in [0.1, 0.15) is 15.9 Å². The van der Waals surface area contributed by atoms with Crippen molar-refractivity contribution in [1.29, 1.82) is 0 Å². The van der Waals surface area contributed by atoms with E-state index >= 15 is 0 Å². The zero-order valence-electron chi connectivity index (χ0n) is 12.3. The van der Waals surface area contributed by atoms with Crippen LogP contribution in [0.15, 0.2) is 60.7 Å². The van der Waals surface area contributed by atoms with Crippen molar-refractivity contribution in [2.24, 2.45) is 0 Å². The molecule has 0 unspecified atom stereocenters. The van der Waals surface area contributed by atoms with E-state index in [4.69, 9.17) is 4.74 Å². The highest BCUT2D eigenvalue weighted by atomic mass is 16.6. The third-order valence-electron chi connectivity index (χ3n) is 3.83. The topological polar surface area (TPSA) is 49.8 Å². The van der Waals surface area contributed by atoms with Crippen LogP contribution in [0.25, 0.3) is 0 Å². The monoisotopic (exact) mass is 297 g/mol. The van der Waals surface area contributed by atoms with Gasteiger partial charge in [-0.25, -0.2) is 4.79 Å². The van der Waals surface area contributed by atoms with Gasteiger partial charge in [-0.1, -0.05) is 48.5 Å². The number of rotatable bonds is 4. The first-order valence-electron chi connectivity index (χ1n) is 7.43. The van der Waals surface area contributed by atoms with Crippen LogP contribution in [0.5, 0.6) is 0 Å². The summed E-state index contributed by atoms with van der Waals surface area (Å²) in [7, 11) is 0. The van der Waals surface area contributed by atoms with Crippen molar-refractivity contribution < 1.29 is 14.6 Å². The molecule has 3 rings (SSSR count). The fourth-order valence-electron chi connectivity index (χ4n) is 2.70. The van der Waals surface area contributed by atoms with Crippen molar-refractivity contribution in [2.75, 3.05) is 13.1 Å². The SMILES string of the molecule is O=C(O[C@H]1CN(Cc2ccccc2)C[C@@H]1O)c1ccccc1. The Hall–Kier alpha value is -2.17. The molecule has 2 aromatic carbocycles. The Kier molecular flexibility index (Phi) is 4.51. The number of nitrogens with zero attached hydrogens (tertiary/aromatic N) is 1. The molecule has 1 fully saturated rings. The fourth-order valence-corrected chi connectivity index (χ4v) is 2.70. The summed E-state index contributed by atoms with van der Waals surface area (Å²) >= 11 is 0. The van der Waals surface area contributed by atoms with Gasteiger partial charge in [-0.2, -0.15) is 0 Å². The quantitative estimate of drug-likeness (QED) is 0.878. The van der Waals surface area contributed by atoms with E-state index in [1.54, 1.807) is 24.3 Å². The minimum atomic E-state index is -0.642. The molecule has 2 aromatic rings. The summed E-state index contributed by atoms with van der Waals surface area (Å²) in [6.45, 7) is 1.81. The lowest BCUT2D eigenvalue weighted by molar-refractivity contribution is 0.00170. The second-order valence-electron chi connectivity index (χ2n) is 5.56. The molecule has 22 heavy (non-hydrogen) atoms. The first-order valence-corrected chi connectivity index (χ1v) is 7.43. The second kappa shape index (κ2) is 6.73. The Bertz CT molecular complexity index is 615. The zero-order chi connectivity index (χ0) is 15.4. The Morgan fingerprint density at radius 2 is 1.68 bits per heavy atom. The molecule has 4 heteroatoms. The number of benzene rings is 2. The Morgan fingerprint density at radius 1 is 1.05 bits per heavy atom. The van der Waals surface area contributed by atoms with Gasteiger partial charge < -0.3 is 9.84 Å². The molecule has 114 valence electrons. The first-order chi connectivity index (χ1) is 10.7. The molecular weight excluding hydrogens is 278 g/mol. The largest absolute Gasteiger partial charge is 0.455 e. The summed E-state index contributed by atoms with van der Waals surface area (Å²) in [6.07, 6.45) is -1.12. The van der Waals surface area contributed by atoms with E-state index in [0.29, 0.717) is 18.7 Å². The fraction of sp³-hybridized carbons (Fsp3) is 0.278. The van der Waals surface area contributed by atoms with Crippen molar-refractivity contribution in [3.05, 3.63) is 71.8 Å². The average Bonchev–Trinajstić information content (AvgIpc) is 2.88. The number of aliphatic hydroxyl groups excluding tert-OH is 1. The minimum absolute atomic E-state index is 0.383. The summed E-state index contributed by atoms with van der Waals surface area (Å²) in [6, 6.07) is 18.9. The van der Waals surface area contributed by atoms with E-state index < -0.39 is 12.2 Å². The summed E-state index contributed by atoms with van der Waals surface area (Å²) in [4.78, 5) is 14.2. The molecule has 0 aliphatic carbocycles. The van der Waals surface area contributed by atoms with Gasteiger partial charge in [-0.15, -0.1) is 0 Å². The van der Waals surface area contributed by atoms with Crippen molar-refractivity contribution in [3.8, 4) is 0 Å². The summed E-state index contributed by atoms with van der Waals surface area (Å²) in [5.41, 5.74) is 1.70. The maximum atomic E-state index is 12.1. The molecule has 0 amide bonds. The Labute approximate surface area is 130 Å². The zero-order valence-corrected chi connectivity index (χ0v) is 12.3. The summed E-state index contributed by atoms with van der Waals surface area (Å²) < 4.78 is 5.45. The number of carbonyl (C=O) groups excluding carboxylic acids is 1. The van der Waals surface area contributed by atoms with Crippen LogP contribution in [0.4, 0.5) is 0 Å². The van der Waals surface area contributed by atoms with Crippen LogP contribution in [0, 0.1) is 0 Å². The van der Waals surface area contributed by atoms with E-state index in [-0.39, 0.29) is 5.97 Å². The van der Waals surface area contributed by atoms with Gasteiger partial charge in [-0.05, 0) is 17.7 Å². The molecule has 0 spiro atoms. The number of esters is 1. The third-order valence-corrected chi connectivity index (χ3v) is 3.83. The number of ether oxygens (including phenoxy) is 1. The predicted molar refractivity (Wildman–Crippen MR) is 83.4 cm³/mol. The number of likely N-dealkylation sites (tertiary alicyclic amines) is 1. The lowest BCUT2D eigenvalue weighted by Crippen LogP contribution is -2.29. The van der Waals surface area contributed by atoms with Crippen molar-refractivity contribution in [3.63, 3.8) is 0 Å². The lowest BCUT2D eigenvalue weighted by atomic mass is 10.2. The molecule has 2 atom stereocenters. The molecule has 0 radical (unpaired) electrons. The lowest BCUT2D eigenvalue weighted by Gasteiger charge is -2.16. The van der Waals surface area contributed by atoms with Crippen molar-refractivity contribution in [1.82, 2.24) is 4.90 Å². The molecule has 1 aliphatic heterocycles. The molecule has 0 saturated carbocycles. The summed E-state index contributed by atoms with van der Waals surface area (Å²) in [5, 5.41) is 10.1. The molecule has 1 saturated heterocycles. The predicted octanol–water partition coefficient (Wildman–Crippen LogP) is 2.09. The second-order valence-corrected chi connectivity index (χ2v) is 5.56. The van der Waals surface area contributed by atoms with Crippen LogP contribution < -0.4 is 0 Å². The van der Waals surface area contributed by atoms with Crippen molar-refractivity contribution >= 4 is 5.97 Å². The van der Waals surface area contributed by atoms with Gasteiger partial charge in [0.05, 0.1) is 5.56 Å². The summed E-state index contributed by atoms with van der Waals surface area (Å²) in [5.74, 6) is -0.383. The maximum absolute atomic E-state index is 12.1. The van der Waals surface area contributed by atoms with Gasteiger partial charge in [0.2, 0.25) is 0 Å². The number of hydrogen-bond donors (Lipinski definition) is 1. The third kappa shape index (κ3) is 3.53. The van der Waals surface area contributed by atoms with E-state index in [1.165, 1.54) is 5.56 Å². The molecule has 1 N–H and O–H groups in total. The Morgan fingerprint density at radius 3 is 2.36 bits per heavy atom. The van der Waals surface area contributed by atoms with E-state index in [0.717, 1.165) is 6.54 Å². The van der Waals surface area contributed by atoms with Gasteiger partial charge in [-0.3, -0.25) is 4.90 Å².